The van der Waals surface area contributed by atoms with Crippen LogP contribution in [0, 0.1) is 0 Å². The maximum Gasteiger partial charge on any atom is 0.215 e. The molecular weight excluding hydrogens is 192 g/mol. The van der Waals surface area contributed by atoms with Crippen molar-refractivity contribution in [3.63, 3.8) is 0 Å². The lowest BCUT2D eigenvalue weighted by atomic mass is 10.3. The van der Waals surface area contributed by atoms with E-state index in [9.17, 15) is 8.42 Å². The van der Waals surface area contributed by atoms with Crippen molar-refractivity contribution in [2.45, 2.75) is 13.0 Å². The first kappa shape index (κ1) is 10.9. The van der Waals surface area contributed by atoms with Crippen molar-refractivity contribution in [2.24, 2.45) is 5.73 Å². The molecule has 1 rings (SSSR count). The van der Waals surface area contributed by atoms with E-state index in [1.54, 1.807) is 0 Å². The van der Waals surface area contributed by atoms with E-state index >= 15 is 0 Å². The number of rotatable bonds is 3. The third kappa shape index (κ3) is 2.63. The van der Waals surface area contributed by atoms with Crippen LogP contribution in [0.2, 0.25) is 0 Å². The minimum Gasteiger partial charge on any atom is -0.378 e. The van der Waals surface area contributed by atoms with Gasteiger partial charge in [-0.25, -0.2) is 8.42 Å². The van der Waals surface area contributed by atoms with Gasteiger partial charge in [-0.15, -0.1) is 0 Å². The predicted octanol–water partition coefficient (Wildman–Crippen LogP) is -1.00. The first-order chi connectivity index (χ1) is 6.08. The highest BCUT2D eigenvalue weighted by molar-refractivity contribution is 7.89. The Balaban J connectivity index is 2.68. The summed E-state index contributed by atoms with van der Waals surface area (Å²) in [6, 6.07) is -0.0645. The largest absolute Gasteiger partial charge is 0.378 e. The van der Waals surface area contributed by atoms with E-state index in [1.807, 2.05) is 6.92 Å². The summed E-state index contributed by atoms with van der Waals surface area (Å²) in [6.07, 6.45) is 0. The average molecular weight is 208 g/mol. The summed E-state index contributed by atoms with van der Waals surface area (Å²) < 4.78 is 29.8. The number of hydrogen-bond donors (Lipinski definition) is 1. The van der Waals surface area contributed by atoms with Crippen LogP contribution in [-0.2, 0) is 14.8 Å². The van der Waals surface area contributed by atoms with Crippen molar-refractivity contribution in [3.05, 3.63) is 0 Å². The van der Waals surface area contributed by atoms with E-state index in [0.717, 1.165) is 0 Å². The first-order valence-electron chi connectivity index (χ1n) is 4.35. The second-order valence-corrected chi connectivity index (χ2v) is 5.18. The molecule has 1 atom stereocenters. The Morgan fingerprint density at radius 3 is 2.85 bits per heavy atom. The standard InChI is InChI=1S/C7H16N2O3S/c1-7-6-12-4-3-9(7)13(10,11)5-2-8/h7H,2-6,8H2,1H3. The Hall–Kier alpha value is -0.170. The van der Waals surface area contributed by atoms with Gasteiger partial charge in [-0.1, -0.05) is 0 Å². The number of hydrogen-bond acceptors (Lipinski definition) is 4. The van der Waals surface area contributed by atoms with Gasteiger partial charge in [-0.3, -0.25) is 0 Å². The highest BCUT2D eigenvalue weighted by Crippen LogP contribution is 2.11. The van der Waals surface area contributed by atoms with Crippen molar-refractivity contribution < 1.29 is 13.2 Å². The van der Waals surface area contributed by atoms with Crippen LogP contribution in [0.5, 0.6) is 0 Å². The summed E-state index contributed by atoms with van der Waals surface area (Å²) in [5.74, 6) is 0.0251. The molecule has 0 aromatic carbocycles. The lowest BCUT2D eigenvalue weighted by Crippen LogP contribution is -2.48. The van der Waals surface area contributed by atoms with E-state index in [4.69, 9.17) is 10.5 Å². The van der Waals surface area contributed by atoms with Gasteiger partial charge in [0.2, 0.25) is 10.0 Å². The van der Waals surface area contributed by atoms with Gasteiger partial charge in [-0.2, -0.15) is 4.31 Å². The van der Waals surface area contributed by atoms with Gasteiger partial charge in [0.25, 0.3) is 0 Å². The van der Waals surface area contributed by atoms with E-state index < -0.39 is 10.0 Å². The molecule has 1 aliphatic heterocycles. The molecule has 1 saturated heterocycles. The third-order valence-electron chi connectivity index (χ3n) is 2.04. The highest BCUT2D eigenvalue weighted by Gasteiger charge is 2.28. The molecule has 0 saturated carbocycles. The van der Waals surface area contributed by atoms with Crippen LogP contribution < -0.4 is 5.73 Å². The molecule has 5 nitrogen and oxygen atoms in total. The van der Waals surface area contributed by atoms with Gasteiger partial charge in [0.15, 0.2) is 0 Å². The minimum absolute atomic E-state index is 0.0251. The van der Waals surface area contributed by atoms with Gasteiger partial charge < -0.3 is 10.5 Å². The highest BCUT2D eigenvalue weighted by atomic mass is 32.2. The number of nitrogens with two attached hydrogens (primary N) is 1. The zero-order chi connectivity index (χ0) is 9.90. The van der Waals surface area contributed by atoms with Crippen molar-refractivity contribution in [1.29, 1.82) is 0 Å². The monoisotopic (exact) mass is 208 g/mol. The molecule has 0 aromatic heterocycles. The fraction of sp³-hybridized carbons (Fsp3) is 1.00. The Kier molecular flexibility index (Phi) is 3.66. The summed E-state index contributed by atoms with van der Waals surface area (Å²) in [5, 5.41) is 0. The molecule has 0 aliphatic carbocycles. The van der Waals surface area contributed by atoms with Crippen LogP contribution in [0.25, 0.3) is 0 Å². The Bertz CT molecular complexity index is 252. The number of ether oxygens (including phenoxy) is 1. The Morgan fingerprint density at radius 2 is 2.31 bits per heavy atom. The molecule has 78 valence electrons. The quantitative estimate of drug-likeness (QED) is 0.645. The molecule has 13 heavy (non-hydrogen) atoms. The molecule has 0 spiro atoms. The molecule has 1 aliphatic rings. The molecule has 1 unspecified atom stereocenters. The van der Waals surface area contributed by atoms with Gasteiger partial charge in [-0.05, 0) is 6.92 Å². The van der Waals surface area contributed by atoms with Crippen molar-refractivity contribution in [1.82, 2.24) is 4.31 Å². The van der Waals surface area contributed by atoms with Gasteiger partial charge in [0.05, 0.1) is 19.0 Å². The van der Waals surface area contributed by atoms with Crippen LogP contribution in [0.15, 0.2) is 0 Å². The molecule has 0 aromatic rings. The predicted molar refractivity (Wildman–Crippen MR) is 49.8 cm³/mol. The van der Waals surface area contributed by atoms with E-state index in [0.29, 0.717) is 19.8 Å². The minimum atomic E-state index is -3.15. The molecule has 6 heteroatoms. The van der Waals surface area contributed by atoms with Crippen LogP contribution in [0.3, 0.4) is 0 Å². The second-order valence-electron chi connectivity index (χ2n) is 3.14. The number of nitrogens with zero attached hydrogens (tertiary/aromatic N) is 1. The van der Waals surface area contributed by atoms with E-state index in [-0.39, 0.29) is 18.3 Å². The summed E-state index contributed by atoms with van der Waals surface area (Å²) in [4.78, 5) is 0. The lowest BCUT2D eigenvalue weighted by molar-refractivity contribution is 0.0393. The molecule has 0 radical (unpaired) electrons. The summed E-state index contributed by atoms with van der Waals surface area (Å²) >= 11 is 0. The average Bonchev–Trinajstić information content (AvgIpc) is 2.04. The fourth-order valence-electron chi connectivity index (χ4n) is 1.39. The lowest BCUT2D eigenvalue weighted by Gasteiger charge is -2.32. The normalized spacial score (nSPS) is 26.2. The van der Waals surface area contributed by atoms with Gasteiger partial charge in [0.1, 0.15) is 0 Å². The number of morpholine rings is 1. The topological polar surface area (TPSA) is 72.6 Å². The molecular formula is C7H16N2O3S. The molecule has 1 heterocycles. The first-order valence-corrected chi connectivity index (χ1v) is 5.96. The van der Waals surface area contributed by atoms with Crippen LogP contribution in [-0.4, -0.2) is 50.8 Å². The molecule has 1 fully saturated rings. The Morgan fingerprint density at radius 1 is 1.62 bits per heavy atom. The van der Waals surface area contributed by atoms with Gasteiger partial charge >= 0.3 is 0 Å². The number of sulfonamides is 1. The summed E-state index contributed by atoms with van der Waals surface area (Å²) in [6.45, 7) is 3.42. The van der Waals surface area contributed by atoms with Gasteiger partial charge in [0, 0.05) is 19.1 Å². The van der Waals surface area contributed by atoms with Crippen molar-refractivity contribution in [2.75, 3.05) is 32.1 Å². The van der Waals surface area contributed by atoms with E-state index in [1.165, 1.54) is 4.31 Å². The summed E-state index contributed by atoms with van der Waals surface area (Å²) in [5.41, 5.74) is 5.23. The third-order valence-corrected chi connectivity index (χ3v) is 4.05. The molecule has 0 bridgehead atoms. The second kappa shape index (κ2) is 4.36. The van der Waals surface area contributed by atoms with Crippen molar-refractivity contribution in [3.8, 4) is 0 Å². The smallest absolute Gasteiger partial charge is 0.215 e. The SMILES string of the molecule is CC1COCCN1S(=O)(=O)CCN. The zero-order valence-corrected chi connectivity index (χ0v) is 8.59. The van der Waals surface area contributed by atoms with Crippen LogP contribution >= 0.6 is 0 Å². The van der Waals surface area contributed by atoms with Crippen LogP contribution in [0.1, 0.15) is 6.92 Å². The van der Waals surface area contributed by atoms with Crippen LogP contribution in [0.4, 0.5) is 0 Å². The molecule has 0 amide bonds. The maximum absolute atomic E-state index is 11.6. The maximum atomic E-state index is 11.6. The summed E-state index contributed by atoms with van der Waals surface area (Å²) in [7, 11) is -3.15. The zero-order valence-electron chi connectivity index (χ0n) is 7.77. The Labute approximate surface area is 78.9 Å². The molecule has 2 N–H and O–H groups in total. The van der Waals surface area contributed by atoms with Crippen molar-refractivity contribution >= 4 is 10.0 Å². The van der Waals surface area contributed by atoms with E-state index in [2.05, 4.69) is 0 Å². The fourth-order valence-corrected chi connectivity index (χ4v) is 2.89.